The molecule has 0 aliphatic carbocycles. The topological polar surface area (TPSA) is 69.6 Å². The molecule has 0 amide bonds. The van der Waals surface area contributed by atoms with Gasteiger partial charge in [0.05, 0.1) is 12.2 Å². The summed E-state index contributed by atoms with van der Waals surface area (Å²) in [5, 5.41) is 10.2. The lowest BCUT2D eigenvalue weighted by Gasteiger charge is -2.13. The van der Waals surface area contributed by atoms with E-state index in [-0.39, 0.29) is 12.3 Å². The molecule has 0 aliphatic rings. The molecule has 0 saturated heterocycles. The molecule has 4 rings (SSSR count). The number of esters is 1. The van der Waals surface area contributed by atoms with Crippen molar-refractivity contribution < 1.29 is 18.9 Å². The first-order valence-electron chi connectivity index (χ1n) is 10.9. The number of benzene rings is 3. The number of hydrogen-bond donors (Lipinski definition) is 0. The molecular formula is C29H22N2O3. The van der Waals surface area contributed by atoms with E-state index < -0.39 is 11.8 Å². The van der Waals surface area contributed by atoms with Gasteiger partial charge in [0.25, 0.3) is 11.5 Å². The molecule has 166 valence electrons. The second-order valence-electron chi connectivity index (χ2n) is 7.46. The molecule has 4 aromatic rings. The Bertz CT molecular complexity index is 1310. The van der Waals surface area contributed by atoms with Crippen LogP contribution in [0.1, 0.15) is 27.6 Å². The quantitative estimate of drug-likeness (QED) is 0.125. The first-order chi connectivity index (χ1) is 16.6. The predicted octanol–water partition coefficient (Wildman–Crippen LogP) is 5.45. The van der Waals surface area contributed by atoms with Crippen molar-refractivity contribution in [2.75, 3.05) is 6.61 Å². The number of rotatable bonds is 7. The van der Waals surface area contributed by atoms with Gasteiger partial charge >= 0.3 is 5.97 Å². The Labute approximate surface area is 198 Å². The van der Waals surface area contributed by atoms with Crippen molar-refractivity contribution in [1.82, 2.24) is 0 Å². The molecule has 0 radical (unpaired) electrons. The van der Waals surface area contributed by atoms with E-state index >= 15 is 0 Å². The second kappa shape index (κ2) is 10.3. The number of Topliss-reactive ketones (excluding diaryl/α,β-unsaturated/α-hetero) is 1. The van der Waals surface area contributed by atoms with Crippen molar-refractivity contribution >= 4 is 23.3 Å². The lowest BCUT2D eigenvalue weighted by Crippen LogP contribution is -2.42. The number of ketones is 1. The van der Waals surface area contributed by atoms with Crippen LogP contribution in [0, 0.1) is 0 Å². The minimum absolute atomic E-state index is 0.0701. The Morgan fingerprint density at radius 1 is 0.765 bits per heavy atom. The van der Waals surface area contributed by atoms with Crippen molar-refractivity contribution in [3.63, 3.8) is 0 Å². The standard InChI is InChI=1S/C29H22N2O3/c1-2-34-29(33)24-18-25(21-12-6-3-7-13-21)31(26(19-24)22-14-8-4-9-15-22)27(20-30)28(32)23-16-10-5-11-17-23/h3-19H,2H2,1H3. The maximum absolute atomic E-state index is 13.5. The van der Waals surface area contributed by atoms with E-state index in [1.54, 1.807) is 47.9 Å². The highest BCUT2D eigenvalue weighted by Crippen LogP contribution is 2.26. The van der Waals surface area contributed by atoms with Crippen molar-refractivity contribution in [2.24, 2.45) is 0 Å². The maximum atomic E-state index is 13.5. The number of aromatic nitrogens is 1. The van der Waals surface area contributed by atoms with E-state index in [1.165, 1.54) is 0 Å². The Kier molecular flexibility index (Phi) is 6.87. The minimum atomic E-state index is -0.475. The second-order valence-corrected chi connectivity index (χ2v) is 7.46. The van der Waals surface area contributed by atoms with Gasteiger partial charge in [0.1, 0.15) is 0 Å². The highest BCUT2D eigenvalue weighted by atomic mass is 16.5. The summed E-state index contributed by atoms with van der Waals surface area (Å²) in [5.41, 5.74) is 3.23. The molecule has 34 heavy (non-hydrogen) atoms. The van der Waals surface area contributed by atoms with Gasteiger partial charge in [-0.25, -0.2) is 4.79 Å². The molecule has 5 heteroatoms. The SMILES string of the molecule is CCOC(=O)c1cc(-c2ccccc2)[n+](C(=C=[N-])C(=O)c2ccccc2)c(-c2ccccc2)c1. The van der Waals surface area contributed by atoms with Gasteiger partial charge < -0.3 is 10.1 Å². The van der Waals surface area contributed by atoms with Gasteiger partial charge in [-0.1, -0.05) is 66.7 Å². The van der Waals surface area contributed by atoms with Gasteiger partial charge in [-0.2, -0.15) is 5.87 Å². The van der Waals surface area contributed by atoms with E-state index in [2.05, 4.69) is 5.87 Å². The van der Waals surface area contributed by atoms with Crippen LogP contribution in [0.3, 0.4) is 0 Å². The summed E-state index contributed by atoms with van der Waals surface area (Å²) < 4.78 is 6.89. The normalized spacial score (nSPS) is 10.3. The van der Waals surface area contributed by atoms with Gasteiger partial charge in [-0.3, -0.25) is 4.79 Å². The summed E-state index contributed by atoms with van der Waals surface area (Å²) in [6, 6.07) is 30.7. The Hall–Kier alpha value is -4.60. The summed E-state index contributed by atoms with van der Waals surface area (Å²) in [4.78, 5) is 26.2. The fraction of sp³-hybridized carbons (Fsp3) is 0.0690. The fourth-order valence-corrected chi connectivity index (χ4v) is 3.74. The molecule has 0 spiro atoms. The zero-order chi connectivity index (χ0) is 23.9. The molecule has 0 saturated carbocycles. The third kappa shape index (κ3) is 4.60. The largest absolute Gasteiger partial charge is 0.758 e. The predicted molar refractivity (Wildman–Crippen MR) is 132 cm³/mol. The first kappa shape index (κ1) is 22.6. The van der Waals surface area contributed by atoms with E-state index in [9.17, 15) is 15.0 Å². The molecule has 5 nitrogen and oxygen atoms in total. The van der Waals surface area contributed by atoms with Crippen LogP contribution in [0.5, 0.6) is 0 Å². The third-order valence-electron chi connectivity index (χ3n) is 5.30. The smallest absolute Gasteiger partial charge is 0.338 e. The lowest BCUT2D eigenvalue weighted by molar-refractivity contribution is -0.551. The van der Waals surface area contributed by atoms with E-state index in [1.807, 2.05) is 66.7 Å². The number of ether oxygens (including phenoxy) is 1. The van der Waals surface area contributed by atoms with Gasteiger partial charge in [-0.15, -0.1) is 4.57 Å². The van der Waals surface area contributed by atoms with Crippen molar-refractivity contribution in [3.05, 3.63) is 120 Å². The van der Waals surface area contributed by atoms with Crippen LogP contribution in [0.15, 0.2) is 103 Å². The number of hydrogen-bond acceptors (Lipinski definition) is 3. The molecule has 1 heterocycles. The Morgan fingerprint density at radius 2 is 1.24 bits per heavy atom. The highest BCUT2D eigenvalue weighted by Gasteiger charge is 2.31. The van der Waals surface area contributed by atoms with Crippen LogP contribution in [0.4, 0.5) is 0 Å². The van der Waals surface area contributed by atoms with E-state index in [0.717, 1.165) is 11.1 Å². The molecule has 0 bridgehead atoms. The van der Waals surface area contributed by atoms with Crippen molar-refractivity contribution in [2.45, 2.75) is 6.92 Å². The highest BCUT2D eigenvalue weighted by molar-refractivity contribution is 6.28. The van der Waals surface area contributed by atoms with Gasteiger partial charge in [-0.05, 0) is 31.2 Å². The average Bonchev–Trinajstić information content (AvgIpc) is 2.90. The molecule has 0 fully saturated rings. The van der Waals surface area contributed by atoms with Crippen molar-refractivity contribution in [3.8, 4) is 22.5 Å². The van der Waals surface area contributed by atoms with Gasteiger partial charge in [0.2, 0.25) is 11.4 Å². The number of nitrogens with zero attached hydrogens (tertiary/aromatic N) is 2. The Balaban J connectivity index is 2.06. The van der Waals surface area contributed by atoms with Crippen LogP contribution in [0.2, 0.25) is 0 Å². The van der Waals surface area contributed by atoms with Crippen LogP contribution in [-0.2, 0) is 4.74 Å². The number of allylic oxidation sites excluding steroid dienone is 1. The molecule has 0 N–H and O–H groups in total. The third-order valence-corrected chi connectivity index (χ3v) is 5.30. The van der Waals surface area contributed by atoms with E-state index in [0.29, 0.717) is 22.5 Å². The first-order valence-corrected chi connectivity index (χ1v) is 10.9. The van der Waals surface area contributed by atoms with Crippen LogP contribution in [-0.4, -0.2) is 24.2 Å². The zero-order valence-electron chi connectivity index (χ0n) is 18.6. The summed E-state index contributed by atoms with van der Waals surface area (Å²) in [6.45, 7) is 1.98. The lowest BCUT2D eigenvalue weighted by atomic mass is 10.0. The van der Waals surface area contributed by atoms with Crippen LogP contribution in [0.25, 0.3) is 33.6 Å². The molecule has 0 unspecified atom stereocenters. The summed E-state index contributed by atoms with van der Waals surface area (Å²) in [6.07, 6.45) is 0. The number of pyridine rings is 1. The zero-order valence-corrected chi connectivity index (χ0v) is 18.6. The summed E-state index contributed by atoms with van der Waals surface area (Å²) in [7, 11) is 0. The summed E-state index contributed by atoms with van der Waals surface area (Å²) in [5.74, 6) is 1.24. The monoisotopic (exact) mass is 446 g/mol. The Morgan fingerprint density at radius 3 is 1.68 bits per heavy atom. The molecule has 0 aliphatic heterocycles. The summed E-state index contributed by atoms with van der Waals surface area (Å²) >= 11 is 0. The minimum Gasteiger partial charge on any atom is -0.758 e. The number of carbonyl (C=O) groups excluding carboxylic acids is 2. The van der Waals surface area contributed by atoms with Crippen LogP contribution >= 0.6 is 0 Å². The number of carbonyl (C=O) groups is 2. The maximum Gasteiger partial charge on any atom is 0.338 e. The molecular weight excluding hydrogens is 424 g/mol. The van der Waals surface area contributed by atoms with Crippen molar-refractivity contribution in [1.29, 1.82) is 0 Å². The fourth-order valence-electron chi connectivity index (χ4n) is 3.74. The van der Waals surface area contributed by atoms with Gasteiger partial charge in [0, 0.05) is 28.8 Å². The van der Waals surface area contributed by atoms with Gasteiger partial charge in [0.15, 0.2) is 0 Å². The molecule has 0 atom stereocenters. The average molecular weight is 447 g/mol. The molecule has 1 aromatic heterocycles. The van der Waals surface area contributed by atoms with Crippen LogP contribution < -0.4 is 4.57 Å². The molecule has 3 aromatic carbocycles. The van der Waals surface area contributed by atoms with E-state index in [4.69, 9.17) is 4.74 Å².